The number of hydrogen-bond donors (Lipinski definition) is 1. The van der Waals surface area contributed by atoms with Crippen LogP contribution in [0.4, 0.5) is 5.00 Å². The van der Waals surface area contributed by atoms with E-state index in [0.717, 1.165) is 18.4 Å². The Bertz CT molecular complexity index is 446. The summed E-state index contributed by atoms with van der Waals surface area (Å²) in [5, 5.41) is 0.677. The van der Waals surface area contributed by atoms with Gasteiger partial charge in [0.1, 0.15) is 0 Å². The van der Waals surface area contributed by atoms with Gasteiger partial charge < -0.3 is 10.6 Å². The molecule has 0 atom stereocenters. The summed E-state index contributed by atoms with van der Waals surface area (Å²) in [5.41, 5.74) is 8.00. The number of nitrogens with two attached hydrogens (primary N) is 1. The Morgan fingerprint density at radius 2 is 2.06 bits per heavy atom. The molecule has 0 unspecified atom stereocenters. The average molecular weight is 238 g/mol. The highest BCUT2D eigenvalue weighted by Gasteiger charge is 2.37. The van der Waals surface area contributed by atoms with Gasteiger partial charge in [0.05, 0.1) is 10.6 Å². The van der Waals surface area contributed by atoms with Gasteiger partial charge in [-0.05, 0) is 23.8 Å². The van der Waals surface area contributed by atoms with Gasteiger partial charge in [-0.15, -0.1) is 11.3 Å². The van der Waals surface area contributed by atoms with Crippen molar-refractivity contribution in [1.82, 2.24) is 4.90 Å². The molecule has 0 fully saturated rings. The summed E-state index contributed by atoms with van der Waals surface area (Å²) in [6.45, 7) is 4.38. The zero-order chi connectivity index (χ0) is 12.1. The van der Waals surface area contributed by atoms with E-state index in [2.05, 4.69) is 13.8 Å². The van der Waals surface area contributed by atoms with Crippen LogP contribution in [0.5, 0.6) is 0 Å². The largest absolute Gasteiger partial charge is 0.390 e. The summed E-state index contributed by atoms with van der Waals surface area (Å²) < 4.78 is 0. The first-order chi connectivity index (χ1) is 7.34. The number of nitrogens with zero attached hydrogens (tertiary/aromatic N) is 1. The fraction of sp³-hybridized carbons (Fsp3) is 0.583. The lowest BCUT2D eigenvalue weighted by Gasteiger charge is -2.21. The van der Waals surface area contributed by atoms with Crippen LogP contribution in [-0.4, -0.2) is 24.9 Å². The third kappa shape index (κ3) is 1.52. The lowest BCUT2D eigenvalue weighted by molar-refractivity contribution is 0.0827. The first-order valence-electron chi connectivity index (χ1n) is 5.48. The number of amides is 1. The van der Waals surface area contributed by atoms with E-state index < -0.39 is 0 Å². The van der Waals surface area contributed by atoms with Crippen molar-refractivity contribution in [2.45, 2.75) is 32.1 Å². The Morgan fingerprint density at radius 1 is 1.44 bits per heavy atom. The number of fused-ring (bicyclic) bond motifs is 1. The lowest BCUT2D eigenvalue weighted by Crippen LogP contribution is -2.26. The van der Waals surface area contributed by atoms with Crippen LogP contribution in [0.3, 0.4) is 0 Å². The summed E-state index contributed by atoms with van der Waals surface area (Å²) in [6, 6.07) is 0. The SMILES string of the molecule is CN(C)C(=O)c1c(N)sc2c1C(C)(C)CC2. The third-order valence-corrected chi connectivity index (χ3v) is 4.36. The van der Waals surface area contributed by atoms with E-state index in [9.17, 15) is 4.79 Å². The molecule has 0 bridgehead atoms. The summed E-state index contributed by atoms with van der Waals surface area (Å²) in [5.74, 6) is 0.0324. The molecule has 1 aliphatic carbocycles. The van der Waals surface area contributed by atoms with Crippen LogP contribution in [0.15, 0.2) is 0 Å². The highest BCUT2D eigenvalue weighted by Crippen LogP contribution is 2.47. The number of carbonyl (C=O) groups is 1. The van der Waals surface area contributed by atoms with E-state index in [4.69, 9.17) is 5.73 Å². The Labute approximate surface area is 100 Å². The second kappa shape index (κ2) is 3.48. The molecule has 1 aliphatic rings. The molecule has 0 saturated carbocycles. The number of anilines is 1. The smallest absolute Gasteiger partial charge is 0.256 e. The zero-order valence-electron chi connectivity index (χ0n) is 10.3. The predicted molar refractivity (Wildman–Crippen MR) is 68.1 cm³/mol. The van der Waals surface area contributed by atoms with Crippen molar-refractivity contribution in [3.05, 3.63) is 16.0 Å². The molecule has 1 aromatic heterocycles. The Morgan fingerprint density at radius 3 is 2.62 bits per heavy atom. The van der Waals surface area contributed by atoms with Crippen LogP contribution in [0.2, 0.25) is 0 Å². The fourth-order valence-electron chi connectivity index (χ4n) is 2.38. The standard InChI is InChI=1S/C12H18N2OS/c1-12(2)6-5-7-9(12)8(10(13)16-7)11(15)14(3)4/h5-6,13H2,1-4H3. The summed E-state index contributed by atoms with van der Waals surface area (Å²) in [6.07, 6.45) is 2.17. The normalized spacial score (nSPS) is 17.2. The molecule has 1 aromatic rings. The Kier molecular flexibility index (Phi) is 2.49. The highest BCUT2D eigenvalue weighted by molar-refractivity contribution is 7.16. The van der Waals surface area contributed by atoms with Gasteiger partial charge in [0, 0.05) is 19.0 Å². The molecule has 0 spiro atoms. The number of thiophene rings is 1. The van der Waals surface area contributed by atoms with Gasteiger partial charge in [-0.1, -0.05) is 13.8 Å². The van der Waals surface area contributed by atoms with Gasteiger partial charge in [-0.2, -0.15) is 0 Å². The van der Waals surface area contributed by atoms with Crippen LogP contribution in [0, 0.1) is 0 Å². The van der Waals surface area contributed by atoms with Crippen LogP contribution in [0.1, 0.15) is 41.1 Å². The number of nitrogen functional groups attached to an aromatic ring is 1. The van der Waals surface area contributed by atoms with Crippen molar-refractivity contribution in [3.8, 4) is 0 Å². The molecule has 4 heteroatoms. The van der Waals surface area contributed by atoms with Crippen molar-refractivity contribution in [2.24, 2.45) is 0 Å². The van der Waals surface area contributed by atoms with E-state index in [0.29, 0.717) is 5.00 Å². The van der Waals surface area contributed by atoms with E-state index in [1.54, 1.807) is 30.3 Å². The molecule has 0 aliphatic heterocycles. The maximum Gasteiger partial charge on any atom is 0.256 e. The minimum absolute atomic E-state index is 0.0324. The maximum absolute atomic E-state index is 12.1. The van der Waals surface area contributed by atoms with Crippen LogP contribution >= 0.6 is 11.3 Å². The number of hydrogen-bond acceptors (Lipinski definition) is 3. The monoisotopic (exact) mass is 238 g/mol. The van der Waals surface area contributed by atoms with Gasteiger partial charge in [0.2, 0.25) is 0 Å². The molecule has 2 N–H and O–H groups in total. The molecule has 0 radical (unpaired) electrons. The molecule has 1 amide bonds. The van der Waals surface area contributed by atoms with Crippen LogP contribution in [0.25, 0.3) is 0 Å². The zero-order valence-corrected chi connectivity index (χ0v) is 11.1. The highest BCUT2D eigenvalue weighted by atomic mass is 32.1. The van der Waals surface area contributed by atoms with Crippen molar-refractivity contribution < 1.29 is 4.79 Å². The molecule has 2 rings (SSSR count). The summed E-state index contributed by atoms with van der Waals surface area (Å²) in [4.78, 5) is 15.0. The second-order valence-corrected chi connectivity index (χ2v) is 6.36. The first kappa shape index (κ1) is 11.5. The molecule has 0 aromatic carbocycles. The molecule has 88 valence electrons. The summed E-state index contributed by atoms with van der Waals surface area (Å²) in [7, 11) is 3.54. The van der Waals surface area contributed by atoms with Crippen LogP contribution in [-0.2, 0) is 11.8 Å². The van der Waals surface area contributed by atoms with Gasteiger partial charge in [0.25, 0.3) is 5.91 Å². The minimum Gasteiger partial charge on any atom is -0.390 e. The van der Waals surface area contributed by atoms with Crippen molar-refractivity contribution in [3.63, 3.8) is 0 Å². The van der Waals surface area contributed by atoms with E-state index in [1.165, 1.54) is 10.4 Å². The van der Waals surface area contributed by atoms with Crippen LogP contribution < -0.4 is 5.73 Å². The number of aryl methyl sites for hydroxylation is 1. The molecular formula is C12H18N2OS. The van der Waals surface area contributed by atoms with E-state index >= 15 is 0 Å². The van der Waals surface area contributed by atoms with Crippen molar-refractivity contribution in [1.29, 1.82) is 0 Å². The van der Waals surface area contributed by atoms with Crippen molar-refractivity contribution >= 4 is 22.2 Å². The van der Waals surface area contributed by atoms with Gasteiger partial charge in [-0.3, -0.25) is 4.79 Å². The third-order valence-electron chi connectivity index (χ3n) is 3.28. The number of carbonyl (C=O) groups excluding carboxylic acids is 1. The molecule has 3 nitrogen and oxygen atoms in total. The average Bonchev–Trinajstić information content (AvgIpc) is 2.63. The first-order valence-corrected chi connectivity index (χ1v) is 6.29. The fourth-order valence-corrected chi connectivity index (χ4v) is 3.62. The van der Waals surface area contributed by atoms with Crippen molar-refractivity contribution in [2.75, 3.05) is 19.8 Å². The molecule has 1 heterocycles. The molecular weight excluding hydrogens is 220 g/mol. The van der Waals surface area contributed by atoms with Gasteiger partial charge in [0.15, 0.2) is 0 Å². The van der Waals surface area contributed by atoms with E-state index in [-0.39, 0.29) is 11.3 Å². The lowest BCUT2D eigenvalue weighted by atomic mass is 9.85. The topological polar surface area (TPSA) is 46.3 Å². The quantitative estimate of drug-likeness (QED) is 0.815. The Balaban J connectivity index is 2.59. The van der Waals surface area contributed by atoms with E-state index in [1.807, 2.05) is 0 Å². The van der Waals surface area contributed by atoms with Gasteiger partial charge >= 0.3 is 0 Å². The van der Waals surface area contributed by atoms with Gasteiger partial charge in [-0.25, -0.2) is 0 Å². The molecule has 16 heavy (non-hydrogen) atoms. The second-order valence-electron chi connectivity index (χ2n) is 5.22. The molecule has 0 saturated heterocycles. The minimum atomic E-state index is 0.0324. The summed E-state index contributed by atoms with van der Waals surface area (Å²) >= 11 is 1.58. The maximum atomic E-state index is 12.1. The number of rotatable bonds is 1. The predicted octanol–water partition coefficient (Wildman–Crippen LogP) is 2.26. The Hall–Kier alpha value is -1.03.